The smallest absolute Gasteiger partial charge is 0.225 e. The topological polar surface area (TPSA) is 66.6 Å². The molecule has 120 valence electrons. The normalized spacial score (nSPS) is 20.8. The van der Waals surface area contributed by atoms with Crippen LogP contribution < -0.4 is 5.73 Å². The molecule has 1 saturated heterocycles. The summed E-state index contributed by atoms with van der Waals surface area (Å²) in [5.41, 5.74) is 5.78. The summed E-state index contributed by atoms with van der Waals surface area (Å²) in [6, 6.07) is 0. The molecule has 1 saturated carbocycles. The largest absolute Gasteiger partial charge is 0.339 e. The minimum absolute atomic E-state index is 0.199. The molecule has 1 heterocycles. The van der Waals surface area contributed by atoms with Gasteiger partial charge in [-0.2, -0.15) is 0 Å². The van der Waals surface area contributed by atoms with Crippen LogP contribution in [0.2, 0.25) is 0 Å². The lowest BCUT2D eigenvalue weighted by Crippen LogP contribution is -2.51. The van der Waals surface area contributed by atoms with Crippen LogP contribution in [-0.4, -0.2) is 54.3 Å². The van der Waals surface area contributed by atoms with Crippen LogP contribution in [0.1, 0.15) is 39.5 Å². The van der Waals surface area contributed by atoms with Crippen molar-refractivity contribution in [2.45, 2.75) is 39.5 Å². The van der Waals surface area contributed by atoms with Crippen LogP contribution in [0.5, 0.6) is 0 Å². The van der Waals surface area contributed by atoms with Crippen LogP contribution in [0.15, 0.2) is 0 Å². The van der Waals surface area contributed by atoms with E-state index in [4.69, 9.17) is 5.73 Å². The van der Waals surface area contributed by atoms with Gasteiger partial charge in [-0.05, 0) is 37.6 Å². The molecular formula is C16H29N3O2. The second-order valence-electron chi connectivity index (χ2n) is 6.92. The fraction of sp³-hybridized carbons (Fsp3) is 0.875. The number of amides is 2. The van der Waals surface area contributed by atoms with Gasteiger partial charge in [0.25, 0.3) is 0 Å². The van der Waals surface area contributed by atoms with Gasteiger partial charge >= 0.3 is 0 Å². The average Bonchev–Trinajstić information content (AvgIpc) is 3.30. The zero-order chi connectivity index (χ0) is 15.4. The number of rotatable bonds is 6. The van der Waals surface area contributed by atoms with Gasteiger partial charge in [0, 0.05) is 38.5 Å². The summed E-state index contributed by atoms with van der Waals surface area (Å²) >= 11 is 0. The van der Waals surface area contributed by atoms with Crippen molar-refractivity contribution in [3.8, 4) is 0 Å². The number of hydrogen-bond donors (Lipinski definition) is 1. The maximum absolute atomic E-state index is 12.3. The SMILES string of the molecule is CC(C)CC(CN)CC(=O)N1CCN(C(=O)C2CC2)CC1. The summed E-state index contributed by atoms with van der Waals surface area (Å²) in [7, 11) is 0. The number of carbonyl (C=O) groups excluding carboxylic acids is 2. The third-order valence-corrected chi connectivity index (χ3v) is 4.47. The van der Waals surface area contributed by atoms with Crippen molar-refractivity contribution in [1.82, 2.24) is 9.80 Å². The van der Waals surface area contributed by atoms with Crippen molar-refractivity contribution < 1.29 is 9.59 Å². The molecule has 0 aromatic rings. The first-order chi connectivity index (χ1) is 10.0. The lowest BCUT2D eigenvalue weighted by molar-refractivity contribution is -0.140. The molecule has 1 unspecified atom stereocenters. The van der Waals surface area contributed by atoms with Crippen molar-refractivity contribution in [1.29, 1.82) is 0 Å². The molecule has 21 heavy (non-hydrogen) atoms. The van der Waals surface area contributed by atoms with E-state index in [2.05, 4.69) is 13.8 Å². The molecule has 0 aromatic carbocycles. The molecule has 2 aliphatic rings. The van der Waals surface area contributed by atoms with Gasteiger partial charge < -0.3 is 15.5 Å². The minimum atomic E-state index is 0.199. The molecule has 0 spiro atoms. The van der Waals surface area contributed by atoms with Crippen LogP contribution >= 0.6 is 0 Å². The van der Waals surface area contributed by atoms with E-state index in [0.717, 1.165) is 19.3 Å². The fourth-order valence-corrected chi connectivity index (χ4v) is 3.07. The second kappa shape index (κ2) is 7.25. The van der Waals surface area contributed by atoms with E-state index < -0.39 is 0 Å². The number of nitrogens with two attached hydrogens (primary N) is 1. The summed E-state index contributed by atoms with van der Waals surface area (Å²) in [6.45, 7) is 7.64. The first kappa shape index (κ1) is 16.3. The van der Waals surface area contributed by atoms with Gasteiger partial charge in [-0.1, -0.05) is 13.8 Å². The van der Waals surface area contributed by atoms with E-state index in [9.17, 15) is 9.59 Å². The first-order valence-electron chi connectivity index (χ1n) is 8.28. The maximum atomic E-state index is 12.3. The Morgan fingerprint density at radius 1 is 1.10 bits per heavy atom. The first-order valence-corrected chi connectivity index (χ1v) is 8.28. The Labute approximate surface area is 127 Å². The van der Waals surface area contributed by atoms with Gasteiger partial charge in [0.15, 0.2) is 0 Å². The van der Waals surface area contributed by atoms with Crippen molar-refractivity contribution >= 4 is 11.8 Å². The Hall–Kier alpha value is -1.10. The monoisotopic (exact) mass is 295 g/mol. The van der Waals surface area contributed by atoms with Crippen molar-refractivity contribution in [3.63, 3.8) is 0 Å². The number of hydrogen-bond acceptors (Lipinski definition) is 3. The van der Waals surface area contributed by atoms with E-state index in [1.54, 1.807) is 0 Å². The number of piperazine rings is 1. The Balaban J connectivity index is 1.75. The van der Waals surface area contributed by atoms with Crippen molar-refractivity contribution in [2.24, 2.45) is 23.5 Å². The van der Waals surface area contributed by atoms with E-state index in [0.29, 0.717) is 51.0 Å². The average molecular weight is 295 g/mol. The summed E-state index contributed by atoms with van der Waals surface area (Å²) in [4.78, 5) is 28.2. The van der Waals surface area contributed by atoms with E-state index in [1.807, 2.05) is 9.80 Å². The highest BCUT2D eigenvalue weighted by atomic mass is 16.2. The molecule has 1 atom stereocenters. The molecule has 5 heteroatoms. The standard InChI is InChI=1S/C16H29N3O2/c1-12(2)9-13(11-17)10-15(20)18-5-7-19(8-6-18)16(21)14-3-4-14/h12-14H,3-11,17H2,1-2H3. The Morgan fingerprint density at radius 3 is 2.14 bits per heavy atom. The minimum Gasteiger partial charge on any atom is -0.339 e. The zero-order valence-electron chi connectivity index (χ0n) is 13.4. The van der Waals surface area contributed by atoms with Gasteiger partial charge in [0.2, 0.25) is 11.8 Å². The van der Waals surface area contributed by atoms with Crippen LogP contribution in [0.3, 0.4) is 0 Å². The predicted molar refractivity (Wildman–Crippen MR) is 82.5 cm³/mol. The van der Waals surface area contributed by atoms with Gasteiger partial charge in [0.05, 0.1) is 0 Å². The molecule has 1 aliphatic heterocycles. The van der Waals surface area contributed by atoms with Gasteiger partial charge in [-0.25, -0.2) is 0 Å². The van der Waals surface area contributed by atoms with Crippen molar-refractivity contribution in [3.05, 3.63) is 0 Å². The third kappa shape index (κ3) is 4.70. The predicted octanol–water partition coefficient (Wildman–Crippen LogP) is 1.08. The molecule has 2 rings (SSSR count). The van der Waals surface area contributed by atoms with E-state index in [-0.39, 0.29) is 17.7 Å². The third-order valence-electron chi connectivity index (χ3n) is 4.47. The molecule has 5 nitrogen and oxygen atoms in total. The molecular weight excluding hydrogens is 266 g/mol. The zero-order valence-corrected chi connectivity index (χ0v) is 13.4. The van der Waals surface area contributed by atoms with Crippen LogP contribution in [0, 0.1) is 17.8 Å². The highest BCUT2D eigenvalue weighted by Crippen LogP contribution is 2.31. The Morgan fingerprint density at radius 2 is 1.67 bits per heavy atom. The quantitative estimate of drug-likeness (QED) is 0.797. The van der Waals surface area contributed by atoms with Gasteiger partial charge in [-0.3, -0.25) is 9.59 Å². The Bertz CT molecular complexity index is 372. The molecule has 2 amide bonds. The van der Waals surface area contributed by atoms with Crippen LogP contribution in [0.25, 0.3) is 0 Å². The summed E-state index contributed by atoms with van der Waals surface area (Å²) in [5, 5.41) is 0. The molecule has 0 bridgehead atoms. The van der Waals surface area contributed by atoms with Crippen LogP contribution in [0.4, 0.5) is 0 Å². The lowest BCUT2D eigenvalue weighted by Gasteiger charge is -2.35. The Kier molecular flexibility index (Phi) is 5.62. The maximum Gasteiger partial charge on any atom is 0.225 e. The molecule has 0 aromatic heterocycles. The van der Waals surface area contributed by atoms with Gasteiger partial charge in [0.1, 0.15) is 0 Å². The van der Waals surface area contributed by atoms with Crippen molar-refractivity contribution in [2.75, 3.05) is 32.7 Å². The molecule has 0 radical (unpaired) electrons. The lowest BCUT2D eigenvalue weighted by atomic mass is 9.93. The summed E-state index contributed by atoms with van der Waals surface area (Å²) < 4.78 is 0. The van der Waals surface area contributed by atoms with Crippen LogP contribution in [-0.2, 0) is 9.59 Å². The summed E-state index contributed by atoms with van der Waals surface area (Å²) in [5.74, 6) is 1.62. The van der Waals surface area contributed by atoms with E-state index >= 15 is 0 Å². The second-order valence-corrected chi connectivity index (χ2v) is 6.92. The molecule has 2 N–H and O–H groups in total. The fourth-order valence-electron chi connectivity index (χ4n) is 3.07. The highest BCUT2D eigenvalue weighted by molar-refractivity contribution is 5.81. The number of nitrogens with zero attached hydrogens (tertiary/aromatic N) is 2. The van der Waals surface area contributed by atoms with Gasteiger partial charge in [-0.15, -0.1) is 0 Å². The summed E-state index contributed by atoms with van der Waals surface area (Å²) in [6.07, 6.45) is 3.64. The number of carbonyl (C=O) groups is 2. The highest BCUT2D eigenvalue weighted by Gasteiger charge is 2.35. The molecule has 2 fully saturated rings. The van der Waals surface area contributed by atoms with E-state index in [1.165, 1.54) is 0 Å². The molecule has 1 aliphatic carbocycles.